The summed E-state index contributed by atoms with van der Waals surface area (Å²) in [5.41, 5.74) is 0.167. The van der Waals surface area contributed by atoms with Crippen LogP contribution in [0, 0.1) is 0 Å². The van der Waals surface area contributed by atoms with E-state index in [0.717, 1.165) is 11.5 Å². The van der Waals surface area contributed by atoms with Crippen molar-refractivity contribution in [3.8, 4) is 0 Å². The van der Waals surface area contributed by atoms with E-state index in [2.05, 4.69) is 15.6 Å². The van der Waals surface area contributed by atoms with Gasteiger partial charge in [-0.05, 0) is 13.0 Å². The first-order chi connectivity index (χ1) is 8.14. The van der Waals surface area contributed by atoms with Crippen molar-refractivity contribution in [1.82, 2.24) is 4.98 Å². The molecule has 1 aromatic heterocycles. The van der Waals surface area contributed by atoms with Gasteiger partial charge in [0.15, 0.2) is 0 Å². The highest BCUT2D eigenvalue weighted by molar-refractivity contribution is 5.51. The van der Waals surface area contributed by atoms with Crippen LogP contribution in [0.15, 0.2) is 18.3 Å². The zero-order valence-electron chi connectivity index (χ0n) is 10.2. The average molecular weight is 237 g/mol. The molecule has 0 amide bonds. The Morgan fingerprint density at radius 1 is 1.65 bits per heavy atom. The van der Waals surface area contributed by atoms with Gasteiger partial charge in [0.05, 0.1) is 6.10 Å². The lowest BCUT2D eigenvalue weighted by molar-refractivity contribution is -0.0175. The van der Waals surface area contributed by atoms with Crippen LogP contribution in [0.25, 0.3) is 0 Å². The van der Waals surface area contributed by atoms with E-state index in [-0.39, 0.29) is 6.10 Å². The maximum atomic E-state index is 10.3. The summed E-state index contributed by atoms with van der Waals surface area (Å²) in [6.45, 7) is 3.01. The second-order valence-electron chi connectivity index (χ2n) is 4.40. The van der Waals surface area contributed by atoms with Crippen LogP contribution in [-0.2, 0) is 4.74 Å². The minimum absolute atomic E-state index is 0.124. The second-order valence-corrected chi connectivity index (χ2v) is 4.40. The van der Waals surface area contributed by atoms with Crippen molar-refractivity contribution in [1.29, 1.82) is 0 Å². The summed E-state index contributed by atoms with van der Waals surface area (Å²) in [5, 5.41) is 16.5. The van der Waals surface area contributed by atoms with E-state index >= 15 is 0 Å². The van der Waals surface area contributed by atoms with E-state index in [0.29, 0.717) is 19.6 Å². The van der Waals surface area contributed by atoms with E-state index in [1.54, 1.807) is 6.20 Å². The number of aliphatic hydroxyl groups is 1. The van der Waals surface area contributed by atoms with Crippen molar-refractivity contribution >= 4 is 11.5 Å². The quantitative estimate of drug-likeness (QED) is 0.731. The Labute approximate surface area is 101 Å². The van der Waals surface area contributed by atoms with Gasteiger partial charge in [-0.3, -0.25) is 0 Å². The summed E-state index contributed by atoms with van der Waals surface area (Å²) in [5.74, 6) is 0.803. The van der Waals surface area contributed by atoms with Gasteiger partial charge in [0, 0.05) is 44.6 Å². The van der Waals surface area contributed by atoms with Gasteiger partial charge in [-0.2, -0.15) is 0 Å². The number of hydrogen-bond acceptors (Lipinski definition) is 5. The van der Waals surface area contributed by atoms with Crippen molar-refractivity contribution in [3.63, 3.8) is 0 Å². The first-order valence-electron chi connectivity index (χ1n) is 5.86. The van der Waals surface area contributed by atoms with Gasteiger partial charge in [-0.15, -0.1) is 0 Å². The van der Waals surface area contributed by atoms with E-state index in [1.807, 2.05) is 26.1 Å². The predicted octanol–water partition coefficient (Wildman–Crippen LogP) is 1.08. The van der Waals surface area contributed by atoms with Crippen molar-refractivity contribution in [2.45, 2.75) is 25.0 Å². The maximum Gasteiger partial charge on any atom is 0.127 e. The Kier molecular flexibility index (Phi) is 3.49. The number of nitrogens with zero attached hydrogens (tertiary/aromatic N) is 1. The molecule has 0 aliphatic carbocycles. The predicted molar refractivity (Wildman–Crippen MR) is 67.3 cm³/mol. The third-order valence-electron chi connectivity index (χ3n) is 3.27. The number of pyridine rings is 1. The molecular weight excluding hydrogens is 218 g/mol. The number of hydrogen-bond donors (Lipinski definition) is 3. The van der Waals surface area contributed by atoms with Crippen molar-refractivity contribution < 1.29 is 9.84 Å². The SMILES string of the molecule is CNc1cc(NCC2(O)CCOC2C)ccn1. The lowest BCUT2D eigenvalue weighted by Crippen LogP contribution is -2.43. The monoisotopic (exact) mass is 237 g/mol. The molecule has 5 heteroatoms. The zero-order valence-corrected chi connectivity index (χ0v) is 10.2. The van der Waals surface area contributed by atoms with Gasteiger partial charge >= 0.3 is 0 Å². The molecule has 1 fully saturated rings. The largest absolute Gasteiger partial charge is 0.385 e. The lowest BCUT2D eigenvalue weighted by atomic mass is 9.97. The van der Waals surface area contributed by atoms with Gasteiger partial charge in [-0.1, -0.05) is 0 Å². The smallest absolute Gasteiger partial charge is 0.127 e. The van der Waals surface area contributed by atoms with Gasteiger partial charge in [0.25, 0.3) is 0 Å². The molecule has 17 heavy (non-hydrogen) atoms. The minimum Gasteiger partial charge on any atom is -0.385 e. The normalized spacial score (nSPS) is 28.1. The number of rotatable bonds is 4. The maximum absolute atomic E-state index is 10.3. The van der Waals surface area contributed by atoms with Crippen LogP contribution >= 0.6 is 0 Å². The molecule has 1 aliphatic rings. The number of ether oxygens (including phenoxy) is 1. The standard InChI is InChI=1S/C12H19N3O2/c1-9-12(16,4-6-17-9)8-15-10-3-5-14-11(7-10)13-2/h3,5,7,9,16H,4,6,8H2,1-2H3,(H2,13,14,15). The molecule has 5 nitrogen and oxygen atoms in total. The van der Waals surface area contributed by atoms with E-state index in [1.165, 1.54) is 0 Å². The van der Waals surface area contributed by atoms with Crippen LogP contribution < -0.4 is 10.6 Å². The van der Waals surface area contributed by atoms with Crippen LogP contribution in [0.3, 0.4) is 0 Å². The first kappa shape index (κ1) is 12.1. The first-order valence-corrected chi connectivity index (χ1v) is 5.86. The fraction of sp³-hybridized carbons (Fsp3) is 0.583. The van der Waals surface area contributed by atoms with Crippen LogP contribution in [0.1, 0.15) is 13.3 Å². The van der Waals surface area contributed by atoms with Gasteiger partial charge in [-0.25, -0.2) is 4.98 Å². The Hall–Kier alpha value is -1.33. The van der Waals surface area contributed by atoms with Gasteiger partial charge in [0.2, 0.25) is 0 Å². The molecule has 2 heterocycles. The Morgan fingerprint density at radius 2 is 2.47 bits per heavy atom. The van der Waals surface area contributed by atoms with Crippen LogP contribution in [-0.4, -0.2) is 42.0 Å². The molecule has 94 valence electrons. The number of nitrogens with one attached hydrogen (secondary N) is 2. The van der Waals surface area contributed by atoms with Crippen molar-refractivity contribution in [2.24, 2.45) is 0 Å². The highest BCUT2D eigenvalue weighted by atomic mass is 16.5. The van der Waals surface area contributed by atoms with E-state index in [4.69, 9.17) is 4.74 Å². The third-order valence-corrected chi connectivity index (χ3v) is 3.27. The van der Waals surface area contributed by atoms with E-state index in [9.17, 15) is 5.11 Å². The van der Waals surface area contributed by atoms with Crippen LogP contribution in [0.4, 0.5) is 11.5 Å². The minimum atomic E-state index is -0.775. The second kappa shape index (κ2) is 4.89. The topological polar surface area (TPSA) is 66.4 Å². The van der Waals surface area contributed by atoms with E-state index < -0.39 is 5.60 Å². The number of anilines is 2. The highest BCUT2D eigenvalue weighted by Crippen LogP contribution is 2.26. The molecule has 0 spiro atoms. The summed E-state index contributed by atoms with van der Waals surface area (Å²) >= 11 is 0. The fourth-order valence-electron chi connectivity index (χ4n) is 1.94. The highest BCUT2D eigenvalue weighted by Gasteiger charge is 2.39. The average Bonchev–Trinajstić information content (AvgIpc) is 2.68. The van der Waals surface area contributed by atoms with Gasteiger partial charge in [0.1, 0.15) is 11.4 Å². The Balaban J connectivity index is 1.97. The summed E-state index contributed by atoms with van der Waals surface area (Å²) in [7, 11) is 1.83. The Morgan fingerprint density at radius 3 is 3.12 bits per heavy atom. The number of aromatic nitrogens is 1. The fourth-order valence-corrected chi connectivity index (χ4v) is 1.94. The van der Waals surface area contributed by atoms with Crippen molar-refractivity contribution in [3.05, 3.63) is 18.3 Å². The van der Waals surface area contributed by atoms with Gasteiger partial charge < -0.3 is 20.5 Å². The molecule has 1 aliphatic heterocycles. The zero-order chi connectivity index (χ0) is 12.3. The lowest BCUT2D eigenvalue weighted by Gasteiger charge is -2.26. The molecule has 2 rings (SSSR count). The molecule has 0 saturated carbocycles. The molecule has 3 N–H and O–H groups in total. The molecule has 1 saturated heterocycles. The van der Waals surface area contributed by atoms with Crippen LogP contribution in [0.5, 0.6) is 0 Å². The summed E-state index contributed by atoms with van der Waals surface area (Å²) in [4.78, 5) is 4.13. The molecule has 0 radical (unpaired) electrons. The van der Waals surface area contributed by atoms with Crippen LogP contribution in [0.2, 0.25) is 0 Å². The molecule has 1 aromatic rings. The summed E-state index contributed by atoms with van der Waals surface area (Å²) in [6, 6.07) is 3.79. The Bertz CT molecular complexity index is 386. The summed E-state index contributed by atoms with van der Waals surface area (Å²) in [6.07, 6.45) is 2.28. The molecular formula is C12H19N3O2. The van der Waals surface area contributed by atoms with Crippen molar-refractivity contribution in [2.75, 3.05) is 30.8 Å². The summed E-state index contributed by atoms with van der Waals surface area (Å²) < 4.78 is 5.39. The third kappa shape index (κ3) is 2.68. The molecule has 0 aromatic carbocycles. The molecule has 0 bridgehead atoms. The molecule has 2 unspecified atom stereocenters. The molecule has 2 atom stereocenters.